The number of alkyl halides is 1. The van der Waals surface area contributed by atoms with E-state index in [1.165, 1.54) is 0 Å². The lowest BCUT2D eigenvalue weighted by Crippen LogP contribution is -2.55. The second-order valence-electron chi connectivity index (χ2n) is 7.84. The molecule has 2 aliphatic carbocycles. The van der Waals surface area contributed by atoms with E-state index in [-0.39, 0.29) is 0 Å². The Labute approximate surface area is 174 Å². The summed E-state index contributed by atoms with van der Waals surface area (Å²) < 4.78 is 21.2. The van der Waals surface area contributed by atoms with E-state index < -0.39 is 43.3 Å². The van der Waals surface area contributed by atoms with Crippen LogP contribution in [-0.4, -0.2) is 51.4 Å². The number of fused-ring (bicyclic) bond motifs is 1. The number of aliphatic hydroxyl groups is 4. The van der Waals surface area contributed by atoms with Crippen LogP contribution in [0, 0.1) is 6.92 Å². The van der Waals surface area contributed by atoms with Crippen molar-refractivity contribution in [1.82, 2.24) is 0 Å². The first kappa shape index (κ1) is 20.9. The Bertz CT molecular complexity index is 960. The zero-order valence-electron chi connectivity index (χ0n) is 16.5. The molecular formula is C24H25FO5. The molecule has 0 aromatic heterocycles. The topological polar surface area (TPSA) is 90.2 Å². The standard InChI is InChI=1S/C24H25FO5/c1-13-7-8-16(24-23(29)22(28)21(27)19(12-26)30-24)11-18(13)20(25)17-9-14-5-3-2-4-6-15(14)10-17/h2-11,19-24,26-29H,12H2,1H3/t19-,20?,21-,22+,23-,24+/m1/s1. The van der Waals surface area contributed by atoms with Crippen molar-refractivity contribution in [2.24, 2.45) is 0 Å². The van der Waals surface area contributed by atoms with Gasteiger partial charge in [0.25, 0.3) is 0 Å². The van der Waals surface area contributed by atoms with Crippen LogP contribution in [0.4, 0.5) is 4.39 Å². The summed E-state index contributed by atoms with van der Waals surface area (Å²) in [6.45, 7) is 1.30. The Morgan fingerprint density at radius 3 is 2.20 bits per heavy atom. The smallest absolute Gasteiger partial charge is 0.151 e. The van der Waals surface area contributed by atoms with Crippen LogP contribution in [0.25, 0.3) is 11.1 Å². The van der Waals surface area contributed by atoms with Gasteiger partial charge in [-0.3, -0.25) is 0 Å². The van der Waals surface area contributed by atoms with Crippen LogP contribution >= 0.6 is 0 Å². The minimum Gasteiger partial charge on any atom is -0.394 e. The SMILES string of the molecule is Cc1ccc([C@@H]2O[C@H](CO)[C@@H](O)[C@H](O)[C@H]2O)cc1C(F)c1cc2cccccc-2c1. The third-order valence-corrected chi connectivity index (χ3v) is 5.84. The summed E-state index contributed by atoms with van der Waals surface area (Å²) in [7, 11) is 0. The van der Waals surface area contributed by atoms with Gasteiger partial charge in [0.15, 0.2) is 6.17 Å². The molecule has 1 aliphatic heterocycles. The van der Waals surface area contributed by atoms with Crippen LogP contribution in [0.15, 0.2) is 60.7 Å². The average molecular weight is 412 g/mol. The number of hydrogen-bond donors (Lipinski definition) is 4. The highest BCUT2D eigenvalue weighted by atomic mass is 19.1. The quantitative estimate of drug-likeness (QED) is 0.529. The van der Waals surface area contributed by atoms with Gasteiger partial charge in [0, 0.05) is 0 Å². The first-order valence-corrected chi connectivity index (χ1v) is 9.94. The molecule has 1 unspecified atom stereocenters. The number of ether oxygens (including phenoxy) is 1. The molecule has 158 valence electrons. The summed E-state index contributed by atoms with van der Waals surface area (Å²) >= 11 is 0. The van der Waals surface area contributed by atoms with Gasteiger partial charge >= 0.3 is 0 Å². The molecule has 0 spiro atoms. The molecule has 1 saturated heterocycles. The summed E-state index contributed by atoms with van der Waals surface area (Å²) in [5.41, 5.74) is 4.07. The Hall–Kier alpha value is -2.35. The molecule has 30 heavy (non-hydrogen) atoms. The van der Waals surface area contributed by atoms with Gasteiger partial charge < -0.3 is 25.2 Å². The molecule has 3 aliphatic rings. The highest BCUT2D eigenvalue weighted by Gasteiger charge is 2.44. The molecule has 0 radical (unpaired) electrons. The molecule has 1 aromatic rings. The second-order valence-corrected chi connectivity index (χ2v) is 7.84. The van der Waals surface area contributed by atoms with Crippen molar-refractivity contribution in [2.75, 3.05) is 6.61 Å². The summed E-state index contributed by atoms with van der Waals surface area (Å²) in [5, 5.41) is 39.9. The minimum absolute atomic E-state index is 0.434. The summed E-state index contributed by atoms with van der Waals surface area (Å²) in [4.78, 5) is 0. The summed E-state index contributed by atoms with van der Waals surface area (Å²) in [6.07, 6.45) is -7.71. The van der Waals surface area contributed by atoms with Crippen LogP contribution in [0.5, 0.6) is 0 Å². The Morgan fingerprint density at radius 2 is 1.57 bits per heavy atom. The van der Waals surface area contributed by atoms with Gasteiger partial charge in [0.05, 0.1) is 6.61 Å². The zero-order valence-corrected chi connectivity index (χ0v) is 16.5. The van der Waals surface area contributed by atoms with Crippen molar-refractivity contribution >= 4 is 0 Å². The van der Waals surface area contributed by atoms with Crippen molar-refractivity contribution in [3.63, 3.8) is 0 Å². The highest BCUT2D eigenvalue weighted by molar-refractivity contribution is 5.69. The van der Waals surface area contributed by atoms with E-state index in [1.54, 1.807) is 18.2 Å². The molecular weight excluding hydrogens is 387 g/mol. The van der Waals surface area contributed by atoms with Crippen LogP contribution in [0.3, 0.4) is 0 Å². The lowest BCUT2D eigenvalue weighted by Gasteiger charge is -2.40. The number of aliphatic hydroxyl groups excluding tert-OH is 4. The average Bonchev–Trinajstić information content (AvgIpc) is 3.03. The first-order valence-electron chi connectivity index (χ1n) is 9.94. The Balaban J connectivity index is 1.68. The molecule has 6 atom stereocenters. The predicted molar refractivity (Wildman–Crippen MR) is 110 cm³/mol. The van der Waals surface area contributed by atoms with E-state index >= 15 is 4.39 Å². The molecule has 0 saturated carbocycles. The monoisotopic (exact) mass is 412 g/mol. The summed E-state index contributed by atoms with van der Waals surface area (Å²) in [5.74, 6) is 0. The van der Waals surface area contributed by atoms with E-state index in [0.29, 0.717) is 16.7 Å². The van der Waals surface area contributed by atoms with E-state index in [1.807, 2.05) is 49.4 Å². The van der Waals surface area contributed by atoms with E-state index in [4.69, 9.17) is 4.74 Å². The molecule has 5 nitrogen and oxygen atoms in total. The maximum atomic E-state index is 15.6. The number of hydrogen-bond acceptors (Lipinski definition) is 5. The van der Waals surface area contributed by atoms with Gasteiger partial charge in [-0.2, -0.15) is 0 Å². The third kappa shape index (κ3) is 3.73. The zero-order chi connectivity index (χ0) is 21.4. The van der Waals surface area contributed by atoms with Gasteiger partial charge in [-0.25, -0.2) is 4.39 Å². The van der Waals surface area contributed by atoms with Crippen molar-refractivity contribution in [3.05, 3.63) is 82.9 Å². The fraction of sp³-hybridized carbons (Fsp3) is 0.333. The van der Waals surface area contributed by atoms with E-state index in [2.05, 4.69) is 0 Å². The molecule has 0 bridgehead atoms. The van der Waals surface area contributed by atoms with Crippen LogP contribution < -0.4 is 0 Å². The largest absolute Gasteiger partial charge is 0.394 e. The van der Waals surface area contributed by atoms with Gasteiger partial charge in [-0.05, 0) is 58.5 Å². The lowest BCUT2D eigenvalue weighted by atomic mass is 9.89. The Kier molecular flexibility index (Phi) is 5.86. The van der Waals surface area contributed by atoms with E-state index in [9.17, 15) is 20.4 Å². The molecule has 4 N–H and O–H groups in total. The van der Waals surface area contributed by atoms with E-state index in [0.717, 1.165) is 16.7 Å². The normalized spacial score (nSPS) is 27.9. The number of rotatable bonds is 4. The van der Waals surface area contributed by atoms with Crippen LogP contribution in [0.1, 0.15) is 34.5 Å². The maximum absolute atomic E-state index is 15.6. The lowest BCUT2D eigenvalue weighted by molar-refractivity contribution is -0.231. The second kappa shape index (κ2) is 8.41. The molecule has 4 rings (SSSR count). The summed E-state index contributed by atoms with van der Waals surface area (Å²) in [6, 6.07) is 18.3. The predicted octanol–water partition coefficient (Wildman–Crippen LogP) is 2.67. The maximum Gasteiger partial charge on any atom is 0.151 e. The van der Waals surface area contributed by atoms with Crippen LogP contribution in [-0.2, 0) is 4.74 Å². The number of benzene rings is 1. The minimum atomic E-state index is -1.48. The van der Waals surface area contributed by atoms with Gasteiger partial charge in [-0.1, -0.05) is 42.5 Å². The molecule has 1 aromatic carbocycles. The fourth-order valence-corrected chi connectivity index (χ4v) is 4.05. The first-order chi connectivity index (χ1) is 14.4. The van der Waals surface area contributed by atoms with Crippen molar-refractivity contribution in [1.29, 1.82) is 0 Å². The molecule has 1 fully saturated rings. The van der Waals surface area contributed by atoms with Crippen LogP contribution in [0.2, 0.25) is 0 Å². The Morgan fingerprint density at radius 1 is 0.900 bits per heavy atom. The van der Waals surface area contributed by atoms with Crippen molar-refractivity contribution in [2.45, 2.75) is 43.6 Å². The number of halogens is 1. The third-order valence-electron chi connectivity index (χ3n) is 5.84. The highest BCUT2D eigenvalue weighted by Crippen LogP contribution is 2.38. The van der Waals surface area contributed by atoms with Crippen molar-refractivity contribution < 1.29 is 29.6 Å². The molecule has 1 heterocycles. The van der Waals surface area contributed by atoms with Crippen molar-refractivity contribution in [3.8, 4) is 11.1 Å². The van der Waals surface area contributed by atoms with Gasteiger partial charge in [0.1, 0.15) is 30.5 Å². The molecule has 0 amide bonds. The number of aryl methyl sites for hydroxylation is 1. The van der Waals surface area contributed by atoms with Gasteiger partial charge in [-0.15, -0.1) is 0 Å². The van der Waals surface area contributed by atoms with Gasteiger partial charge in [0.2, 0.25) is 0 Å². The molecule has 6 heteroatoms. The fourth-order valence-electron chi connectivity index (χ4n) is 4.05.